The van der Waals surface area contributed by atoms with Crippen LogP contribution >= 0.6 is 11.8 Å². The predicted octanol–water partition coefficient (Wildman–Crippen LogP) is 4.22. The Morgan fingerprint density at radius 3 is 2.76 bits per heavy atom. The van der Waals surface area contributed by atoms with Crippen LogP contribution in [-0.2, 0) is 9.63 Å². The lowest BCUT2D eigenvalue weighted by molar-refractivity contribution is -0.140. The Morgan fingerprint density at radius 1 is 1.10 bits per heavy atom. The molecule has 0 unspecified atom stereocenters. The van der Waals surface area contributed by atoms with Crippen molar-refractivity contribution < 1.29 is 9.63 Å². The van der Waals surface area contributed by atoms with E-state index in [0.717, 1.165) is 16.0 Å². The third kappa shape index (κ3) is 3.06. The van der Waals surface area contributed by atoms with Crippen molar-refractivity contribution in [2.45, 2.75) is 16.7 Å². The summed E-state index contributed by atoms with van der Waals surface area (Å²) >= 11 is 1.73. The molecule has 1 heterocycles. The number of benzene rings is 2. The van der Waals surface area contributed by atoms with Gasteiger partial charge in [0.25, 0.3) is 0 Å². The molecule has 0 saturated heterocycles. The predicted molar refractivity (Wildman–Crippen MR) is 85.3 cm³/mol. The van der Waals surface area contributed by atoms with Gasteiger partial charge in [-0.2, -0.15) is 0 Å². The van der Waals surface area contributed by atoms with Gasteiger partial charge in [-0.25, -0.2) is 4.79 Å². The van der Waals surface area contributed by atoms with Crippen molar-refractivity contribution in [1.82, 2.24) is 0 Å². The first-order valence-corrected chi connectivity index (χ1v) is 7.34. The van der Waals surface area contributed by atoms with E-state index in [2.05, 4.69) is 40.3 Å². The molecule has 3 rings (SSSR count). The number of carbonyl (C=O) groups excluding carboxylic acids is 1. The van der Waals surface area contributed by atoms with E-state index in [0.29, 0.717) is 0 Å². The van der Waals surface area contributed by atoms with Crippen molar-refractivity contribution in [3.63, 3.8) is 0 Å². The molecule has 0 aliphatic carbocycles. The lowest BCUT2D eigenvalue weighted by Crippen LogP contribution is -1.94. The Labute approximate surface area is 127 Å². The molecular formula is C17H13NO2S. The molecule has 2 aromatic carbocycles. The van der Waals surface area contributed by atoms with Crippen LogP contribution in [0.5, 0.6) is 0 Å². The number of hydrogen-bond acceptors (Lipinski definition) is 4. The minimum Gasteiger partial charge on any atom is -0.319 e. The highest BCUT2D eigenvalue weighted by Crippen LogP contribution is 2.38. The van der Waals surface area contributed by atoms with Gasteiger partial charge in [-0.15, -0.1) is 0 Å². The quantitative estimate of drug-likeness (QED) is 0.403. The molecule has 0 bridgehead atoms. The average molecular weight is 295 g/mol. The summed E-state index contributed by atoms with van der Waals surface area (Å²) < 4.78 is 0. The van der Waals surface area contributed by atoms with E-state index in [1.807, 2.05) is 24.3 Å². The largest absolute Gasteiger partial charge is 0.331 e. The maximum atomic E-state index is 10.8. The van der Waals surface area contributed by atoms with Crippen LogP contribution in [-0.4, -0.2) is 12.2 Å². The Bertz CT molecular complexity index is 750. The van der Waals surface area contributed by atoms with E-state index in [-0.39, 0.29) is 0 Å². The van der Waals surface area contributed by atoms with Gasteiger partial charge in [0, 0.05) is 22.3 Å². The summed E-state index contributed by atoms with van der Waals surface area (Å²) in [6.45, 7) is 1.33. The molecule has 0 radical (unpaired) electrons. The Hall–Kier alpha value is -2.33. The minimum absolute atomic E-state index is 0.425. The highest BCUT2D eigenvalue weighted by molar-refractivity contribution is 7.99. The topological polar surface area (TPSA) is 38.7 Å². The smallest absolute Gasteiger partial charge is 0.319 e. The standard InChI is InChI=1S/C17H13NO2S/c1-12(19)20-18-11-14-6-4-8-17-15(14)10-9-13-5-2-3-7-16(13)21-17/h2-11H,1H3. The van der Waals surface area contributed by atoms with Gasteiger partial charge in [-0.05, 0) is 23.3 Å². The lowest BCUT2D eigenvalue weighted by Gasteiger charge is -2.07. The van der Waals surface area contributed by atoms with Crippen molar-refractivity contribution in [3.05, 3.63) is 59.2 Å². The summed E-state index contributed by atoms with van der Waals surface area (Å²) in [7, 11) is 0. The fourth-order valence-corrected chi connectivity index (χ4v) is 3.18. The van der Waals surface area contributed by atoms with Gasteiger partial charge in [-0.1, -0.05) is 59.4 Å². The SMILES string of the molecule is CC(=O)ON=Cc1cccc2c1C=Cc1ccccc1S2. The molecule has 2 aromatic rings. The number of oxime groups is 1. The maximum absolute atomic E-state index is 10.8. The summed E-state index contributed by atoms with van der Waals surface area (Å²) in [6.07, 6.45) is 5.74. The highest BCUT2D eigenvalue weighted by atomic mass is 32.2. The van der Waals surface area contributed by atoms with E-state index in [1.54, 1.807) is 18.0 Å². The minimum atomic E-state index is -0.425. The van der Waals surface area contributed by atoms with Crippen LogP contribution < -0.4 is 0 Å². The second kappa shape index (κ2) is 5.97. The van der Waals surface area contributed by atoms with Crippen molar-refractivity contribution in [3.8, 4) is 0 Å². The zero-order valence-corrected chi connectivity index (χ0v) is 12.3. The molecule has 0 N–H and O–H groups in total. The third-order valence-electron chi connectivity index (χ3n) is 3.04. The normalized spacial score (nSPS) is 12.6. The van der Waals surface area contributed by atoms with Crippen LogP contribution in [0, 0.1) is 0 Å². The molecule has 3 nitrogen and oxygen atoms in total. The van der Waals surface area contributed by atoms with Crippen LogP contribution in [0.4, 0.5) is 0 Å². The van der Waals surface area contributed by atoms with Gasteiger partial charge in [-0.3, -0.25) is 0 Å². The summed E-state index contributed by atoms with van der Waals surface area (Å²) in [5, 5.41) is 3.71. The van der Waals surface area contributed by atoms with Gasteiger partial charge in [0.15, 0.2) is 0 Å². The number of nitrogens with zero attached hydrogens (tertiary/aromatic N) is 1. The first-order valence-electron chi connectivity index (χ1n) is 6.53. The van der Waals surface area contributed by atoms with Crippen molar-refractivity contribution in [2.24, 2.45) is 5.16 Å². The number of fused-ring (bicyclic) bond motifs is 2. The van der Waals surface area contributed by atoms with E-state index < -0.39 is 5.97 Å². The van der Waals surface area contributed by atoms with Crippen molar-refractivity contribution >= 4 is 36.1 Å². The van der Waals surface area contributed by atoms with Crippen LogP contribution in [0.3, 0.4) is 0 Å². The zero-order valence-electron chi connectivity index (χ0n) is 11.4. The Balaban J connectivity index is 1.99. The first kappa shape index (κ1) is 13.6. The summed E-state index contributed by atoms with van der Waals surface area (Å²) in [5.74, 6) is -0.425. The molecule has 4 heteroatoms. The van der Waals surface area contributed by atoms with E-state index in [1.165, 1.54) is 17.4 Å². The molecule has 0 fully saturated rings. The molecule has 1 aliphatic heterocycles. The molecule has 0 atom stereocenters. The maximum Gasteiger partial charge on any atom is 0.331 e. The average Bonchev–Trinajstić information content (AvgIpc) is 2.66. The summed E-state index contributed by atoms with van der Waals surface area (Å²) in [5.41, 5.74) is 3.20. The molecule has 104 valence electrons. The number of rotatable bonds is 2. The first-order chi connectivity index (χ1) is 10.2. The van der Waals surface area contributed by atoms with Gasteiger partial charge < -0.3 is 4.84 Å². The molecule has 0 aromatic heterocycles. The van der Waals surface area contributed by atoms with E-state index >= 15 is 0 Å². The number of carbonyl (C=O) groups is 1. The van der Waals surface area contributed by atoms with Crippen molar-refractivity contribution in [2.75, 3.05) is 0 Å². The highest BCUT2D eigenvalue weighted by Gasteiger charge is 2.11. The fourth-order valence-electron chi connectivity index (χ4n) is 2.10. The van der Waals surface area contributed by atoms with Crippen LogP contribution in [0.25, 0.3) is 12.2 Å². The van der Waals surface area contributed by atoms with E-state index in [9.17, 15) is 4.79 Å². The fraction of sp³-hybridized carbons (Fsp3) is 0.0588. The molecule has 0 spiro atoms. The second-order valence-electron chi connectivity index (χ2n) is 4.55. The lowest BCUT2D eigenvalue weighted by atomic mass is 10.1. The monoisotopic (exact) mass is 295 g/mol. The second-order valence-corrected chi connectivity index (χ2v) is 5.63. The van der Waals surface area contributed by atoms with Gasteiger partial charge in [0.1, 0.15) is 0 Å². The van der Waals surface area contributed by atoms with Crippen LogP contribution in [0.2, 0.25) is 0 Å². The van der Waals surface area contributed by atoms with E-state index in [4.69, 9.17) is 0 Å². The van der Waals surface area contributed by atoms with Gasteiger partial charge >= 0.3 is 5.97 Å². The summed E-state index contributed by atoms with van der Waals surface area (Å²) in [6, 6.07) is 14.3. The van der Waals surface area contributed by atoms with Crippen LogP contribution in [0.1, 0.15) is 23.6 Å². The van der Waals surface area contributed by atoms with Crippen LogP contribution in [0.15, 0.2) is 57.4 Å². The molecule has 1 aliphatic rings. The zero-order chi connectivity index (χ0) is 14.7. The Kier molecular flexibility index (Phi) is 3.88. The summed E-state index contributed by atoms with van der Waals surface area (Å²) in [4.78, 5) is 17.8. The number of hydrogen-bond donors (Lipinski definition) is 0. The Morgan fingerprint density at radius 2 is 1.90 bits per heavy atom. The molecule has 21 heavy (non-hydrogen) atoms. The molecule has 0 saturated carbocycles. The molecule has 0 amide bonds. The third-order valence-corrected chi connectivity index (χ3v) is 4.21. The van der Waals surface area contributed by atoms with Gasteiger partial charge in [0.2, 0.25) is 0 Å². The van der Waals surface area contributed by atoms with Crippen molar-refractivity contribution in [1.29, 1.82) is 0 Å². The molecular weight excluding hydrogens is 282 g/mol. The van der Waals surface area contributed by atoms with Gasteiger partial charge in [0.05, 0.1) is 6.21 Å².